The average Bonchev–Trinajstić information content (AvgIpc) is 2.61. The van der Waals surface area contributed by atoms with Crippen LogP contribution in [0.4, 0.5) is 13.2 Å². The van der Waals surface area contributed by atoms with Gasteiger partial charge in [-0.15, -0.1) is 0 Å². The lowest BCUT2D eigenvalue weighted by molar-refractivity contribution is -0.137. The molecule has 1 N–H and O–H groups in total. The molecule has 1 aliphatic heterocycles. The number of carbonyl (C=O) groups is 1. The van der Waals surface area contributed by atoms with Gasteiger partial charge in [0.25, 0.3) is 0 Å². The predicted molar refractivity (Wildman–Crippen MR) is 59.7 cm³/mol. The van der Waals surface area contributed by atoms with E-state index in [-0.39, 0.29) is 11.9 Å². The van der Waals surface area contributed by atoms with Gasteiger partial charge in [0, 0.05) is 7.05 Å². The van der Waals surface area contributed by atoms with Gasteiger partial charge in [-0.3, -0.25) is 10.1 Å². The molecule has 2 rings (SSSR count). The minimum absolute atomic E-state index is 0.0325. The molecule has 1 saturated heterocycles. The third-order valence-electron chi connectivity index (χ3n) is 2.97. The van der Waals surface area contributed by atoms with E-state index in [0.29, 0.717) is 18.7 Å². The van der Waals surface area contributed by atoms with E-state index in [1.165, 1.54) is 12.1 Å². The molecule has 1 fully saturated rings. The maximum absolute atomic E-state index is 12.4. The number of alkyl halides is 3. The molecule has 98 valence electrons. The monoisotopic (exact) mass is 258 g/mol. The lowest BCUT2D eigenvalue weighted by atomic mass is 10.0. The summed E-state index contributed by atoms with van der Waals surface area (Å²) in [5.74, 6) is -0.0325. The fraction of sp³-hybridized carbons (Fsp3) is 0.417. The second kappa shape index (κ2) is 4.61. The number of likely N-dealkylation sites (N-methyl/N-ethyl adjacent to an activating group) is 1. The summed E-state index contributed by atoms with van der Waals surface area (Å²) in [6.45, 7) is 0.476. The number of halogens is 3. The standard InChI is InChI=1S/C12H13F3N2O/c1-17-7-16-10(11(17)18)6-8-2-4-9(5-3-8)12(13,14)15/h2-5,10,16H,6-7H2,1H3/t10-/m0/s1. The Morgan fingerprint density at radius 2 is 1.94 bits per heavy atom. The summed E-state index contributed by atoms with van der Waals surface area (Å²) in [7, 11) is 1.68. The highest BCUT2D eigenvalue weighted by atomic mass is 19.4. The van der Waals surface area contributed by atoms with Crippen LogP contribution in [0.1, 0.15) is 11.1 Å². The molecule has 1 aliphatic rings. The Hall–Kier alpha value is -1.56. The van der Waals surface area contributed by atoms with Gasteiger partial charge in [-0.05, 0) is 24.1 Å². The van der Waals surface area contributed by atoms with Crippen molar-refractivity contribution in [1.82, 2.24) is 10.2 Å². The van der Waals surface area contributed by atoms with E-state index in [1.54, 1.807) is 11.9 Å². The molecule has 1 heterocycles. The molecule has 1 atom stereocenters. The van der Waals surface area contributed by atoms with E-state index in [9.17, 15) is 18.0 Å². The van der Waals surface area contributed by atoms with Crippen molar-refractivity contribution in [3.63, 3.8) is 0 Å². The van der Waals surface area contributed by atoms with Crippen molar-refractivity contribution in [2.75, 3.05) is 13.7 Å². The van der Waals surface area contributed by atoms with Gasteiger partial charge in [-0.1, -0.05) is 12.1 Å². The summed E-state index contributed by atoms with van der Waals surface area (Å²) < 4.78 is 37.1. The number of hydrogen-bond donors (Lipinski definition) is 1. The van der Waals surface area contributed by atoms with Crippen LogP contribution in [0.15, 0.2) is 24.3 Å². The Kier molecular flexibility index (Phi) is 3.30. The minimum atomic E-state index is -4.32. The van der Waals surface area contributed by atoms with E-state index in [2.05, 4.69) is 5.32 Å². The normalized spacial score (nSPS) is 20.6. The number of hydrogen-bond acceptors (Lipinski definition) is 2. The van der Waals surface area contributed by atoms with Crippen molar-refractivity contribution in [3.05, 3.63) is 35.4 Å². The van der Waals surface area contributed by atoms with Crippen molar-refractivity contribution in [2.24, 2.45) is 0 Å². The molecule has 1 aromatic carbocycles. The molecule has 6 heteroatoms. The smallest absolute Gasteiger partial charge is 0.332 e. The zero-order chi connectivity index (χ0) is 13.3. The van der Waals surface area contributed by atoms with Gasteiger partial charge in [0.1, 0.15) is 0 Å². The lowest BCUT2D eigenvalue weighted by Crippen LogP contribution is -2.31. The molecule has 1 aromatic rings. The molecule has 0 radical (unpaired) electrons. The number of nitrogens with one attached hydrogen (secondary N) is 1. The second-order valence-corrected chi connectivity index (χ2v) is 4.35. The molecule has 0 bridgehead atoms. The van der Waals surface area contributed by atoms with Crippen LogP contribution in [0.25, 0.3) is 0 Å². The number of amides is 1. The summed E-state index contributed by atoms with van der Waals surface area (Å²) in [4.78, 5) is 13.2. The third kappa shape index (κ3) is 2.64. The first-order chi connectivity index (χ1) is 8.38. The molecule has 1 amide bonds. The Bertz CT molecular complexity index is 442. The van der Waals surface area contributed by atoms with Crippen LogP contribution in [0.5, 0.6) is 0 Å². The van der Waals surface area contributed by atoms with Crippen LogP contribution in [0.3, 0.4) is 0 Å². The van der Waals surface area contributed by atoms with Crippen LogP contribution in [-0.2, 0) is 17.4 Å². The van der Waals surface area contributed by atoms with Gasteiger partial charge >= 0.3 is 6.18 Å². The molecule has 0 aliphatic carbocycles. The van der Waals surface area contributed by atoms with E-state index >= 15 is 0 Å². The highest BCUT2D eigenvalue weighted by Crippen LogP contribution is 2.29. The summed E-state index contributed by atoms with van der Waals surface area (Å²) in [5, 5.41) is 3.00. The van der Waals surface area contributed by atoms with E-state index in [4.69, 9.17) is 0 Å². The quantitative estimate of drug-likeness (QED) is 0.874. The van der Waals surface area contributed by atoms with Gasteiger partial charge in [0.2, 0.25) is 5.91 Å². The van der Waals surface area contributed by atoms with Crippen molar-refractivity contribution in [3.8, 4) is 0 Å². The molecular formula is C12H13F3N2O. The fourth-order valence-corrected chi connectivity index (χ4v) is 1.90. The first kappa shape index (κ1) is 12.9. The molecule has 0 saturated carbocycles. The first-order valence-corrected chi connectivity index (χ1v) is 5.52. The summed E-state index contributed by atoms with van der Waals surface area (Å²) in [6, 6.07) is 4.56. The van der Waals surface area contributed by atoms with E-state index in [1.807, 2.05) is 0 Å². The topological polar surface area (TPSA) is 32.3 Å². The van der Waals surface area contributed by atoms with Gasteiger partial charge in [-0.25, -0.2) is 0 Å². The number of benzene rings is 1. The zero-order valence-corrected chi connectivity index (χ0v) is 9.79. The zero-order valence-electron chi connectivity index (χ0n) is 9.79. The Balaban J connectivity index is 2.05. The summed E-state index contributed by atoms with van der Waals surface area (Å²) in [5.41, 5.74) is 0.0400. The third-order valence-corrected chi connectivity index (χ3v) is 2.97. The van der Waals surface area contributed by atoms with Crippen LogP contribution in [0, 0.1) is 0 Å². The van der Waals surface area contributed by atoms with Crippen molar-refractivity contribution in [1.29, 1.82) is 0 Å². The maximum Gasteiger partial charge on any atom is 0.416 e. The molecular weight excluding hydrogens is 245 g/mol. The van der Waals surface area contributed by atoms with Gasteiger partial charge in [0.15, 0.2) is 0 Å². The van der Waals surface area contributed by atoms with E-state index in [0.717, 1.165) is 12.1 Å². The molecule has 0 unspecified atom stereocenters. The number of carbonyl (C=O) groups excluding carboxylic acids is 1. The molecule has 0 spiro atoms. The average molecular weight is 258 g/mol. The van der Waals surface area contributed by atoms with Gasteiger partial charge in [0.05, 0.1) is 18.3 Å². The lowest BCUT2D eigenvalue weighted by Gasteiger charge is -2.11. The predicted octanol–water partition coefficient (Wildman–Crippen LogP) is 1.64. The SMILES string of the molecule is CN1CN[C@@H](Cc2ccc(C(F)(F)F)cc2)C1=O. The Morgan fingerprint density at radius 1 is 1.33 bits per heavy atom. The summed E-state index contributed by atoms with van der Waals surface area (Å²) in [6.07, 6.45) is -3.92. The minimum Gasteiger partial charge on any atom is -0.332 e. The molecule has 3 nitrogen and oxygen atoms in total. The highest BCUT2D eigenvalue weighted by molar-refractivity contribution is 5.83. The summed E-state index contributed by atoms with van der Waals surface area (Å²) >= 11 is 0. The number of rotatable bonds is 2. The van der Waals surface area contributed by atoms with Crippen molar-refractivity contribution in [2.45, 2.75) is 18.6 Å². The van der Waals surface area contributed by atoms with Crippen LogP contribution >= 0.6 is 0 Å². The van der Waals surface area contributed by atoms with Crippen LogP contribution in [0.2, 0.25) is 0 Å². The van der Waals surface area contributed by atoms with Crippen molar-refractivity contribution < 1.29 is 18.0 Å². The first-order valence-electron chi connectivity index (χ1n) is 5.52. The second-order valence-electron chi connectivity index (χ2n) is 4.35. The highest BCUT2D eigenvalue weighted by Gasteiger charge is 2.31. The largest absolute Gasteiger partial charge is 0.416 e. The van der Waals surface area contributed by atoms with Crippen molar-refractivity contribution >= 4 is 5.91 Å². The fourth-order valence-electron chi connectivity index (χ4n) is 1.90. The van der Waals surface area contributed by atoms with Crippen LogP contribution < -0.4 is 5.32 Å². The molecule has 18 heavy (non-hydrogen) atoms. The molecule has 0 aromatic heterocycles. The van der Waals surface area contributed by atoms with Crippen LogP contribution in [-0.4, -0.2) is 30.6 Å². The maximum atomic E-state index is 12.4. The van der Waals surface area contributed by atoms with Gasteiger partial charge in [-0.2, -0.15) is 13.2 Å². The van der Waals surface area contributed by atoms with E-state index < -0.39 is 11.7 Å². The Morgan fingerprint density at radius 3 is 2.39 bits per heavy atom. The number of nitrogens with zero attached hydrogens (tertiary/aromatic N) is 1. The van der Waals surface area contributed by atoms with Gasteiger partial charge < -0.3 is 4.90 Å². The Labute approximate surface area is 103 Å².